The van der Waals surface area contributed by atoms with Crippen LogP contribution in [0.15, 0.2) is 30.3 Å². The van der Waals surface area contributed by atoms with E-state index in [1.807, 2.05) is 6.08 Å². The van der Waals surface area contributed by atoms with E-state index < -0.39 is 0 Å². The molecule has 0 aliphatic rings. The summed E-state index contributed by atoms with van der Waals surface area (Å²) in [5, 5.41) is 0. The summed E-state index contributed by atoms with van der Waals surface area (Å²) in [7, 11) is 0. The molecule has 1 aromatic carbocycles. The monoisotopic (exact) mass is 245 g/mol. The van der Waals surface area contributed by atoms with Gasteiger partial charge in [-0.15, -0.1) is 0 Å². The zero-order valence-corrected chi connectivity index (χ0v) is 12.5. The van der Waals surface area contributed by atoms with E-state index in [1.54, 1.807) is 0 Å². The van der Waals surface area contributed by atoms with Crippen LogP contribution >= 0.6 is 0 Å². The first kappa shape index (κ1) is 15.0. The molecular weight excluding hydrogens is 218 g/mol. The van der Waals surface area contributed by atoms with Gasteiger partial charge in [-0.2, -0.15) is 0 Å². The molecule has 0 bridgehead atoms. The predicted molar refractivity (Wildman–Crippen MR) is 81.6 cm³/mol. The van der Waals surface area contributed by atoms with Crippen molar-refractivity contribution in [1.29, 1.82) is 0 Å². The van der Waals surface area contributed by atoms with Crippen LogP contribution in [0.4, 0.5) is 0 Å². The second kappa shape index (κ2) is 5.71. The molecule has 0 unspecified atom stereocenters. The molecule has 1 nitrogen and oxygen atoms in total. The third-order valence-electron chi connectivity index (χ3n) is 3.11. The topological polar surface area (TPSA) is 26.0 Å². The number of rotatable bonds is 4. The Kier molecular flexibility index (Phi) is 4.75. The van der Waals surface area contributed by atoms with Gasteiger partial charge < -0.3 is 5.73 Å². The molecule has 0 radical (unpaired) electrons. The van der Waals surface area contributed by atoms with Gasteiger partial charge in [0.15, 0.2) is 0 Å². The van der Waals surface area contributed by atoms with Crippen molar-refractivity contribution in [2.75, 3.05) is 6.54 Å². The average molecular weight is 245 g/mol. The molecule has 0 spiro atoms. The molecule has 0 saturated carbocycles. The van der Waals surface area contributed by atoms with Crippen molar-refractivity contribution in [3.63, 3.8) is 0 Å². The van der Waals surface area contributed by atoms with Crippen LogP contribution in [-0.4, -0.2) is 6.54 Å². The summed E-state index contributed by atoms with van der Waals surface area (Å²) in [5.74, 6) is 0. The molecule has 1 aromatic rings. The van der Waals surface area contributed by atoms with Crippen LogP contribution in [0.2, 0.25) is 0 Å². The Morgan fingerprint density at radius 3 is 2.00 bits per heavy atom. The number of nitrogens with two attached hydrogens (primary N) is 1. The van der Waals surface area contributed by atoms with Crippen molar-refractivity contribution in [2.24, 2.45) is 11.1 Å². The molecule has 0 saturated heterocycles. The molecule has 0 fully saturated rings. The average Bonchev–Trinajstić information content (AvgIpc) is 2.23. The van der Waals surface area contributed by atoms with Gasteiger partial charge in [-0.3, -0.25) is 0 Å². The molecule has 0 amide bonds. The van der Waals surface area contributed by atoms with E-state index >= 15 is 0 Å². The highest BCUT2D eigenvalue weighted by Gasteiger charge is 2.26. The van der Waals surface area contributed by atoms with Gasteiger partial charge in [-0.1, -0.05) is 71.0 Å². The maximum atomic E-state index is 5.46. The van der Waals surface area contributed by atoms with E-state index in [9.17, 15) is 0 Å². The van der Waals surface area contributed by atoms with E-state index in [4.69, 9.17) is 5.73 Å². The van der Waals surface area contributed by atoms with E-state index in [2.05, 4.69) is 65.0 Å². The zero-order valence-electron chi connectivity index (χ0n) is 12.5. The molecule has 2 N–H and O–H groups in total. The minimum Gasteiger partial charge on any atom is -0.327 e. The van der Waals surface area contributed by atoms with E-state index in [1.165, 1.54) is 17.5 Å². The Labute approximate surface area is 112 Å². The molecule has 1 rings (SSSR count). The van der Waals surface area contributed by atoms with Crippen molar-refractivity contribution in [3.05, 3.63) is 41.5 Å². The van der Waals surface area contributed by atoms with Gasteiger partial charge >= 0.3 is 0 Å². The summed E-state index contributed by atoms with van der Waals surface area (Å²) in [4.78, 5) is 0. The third kappa shape index (κ3) is 4.66. The van der Waals surface area contributed by atoms with Gasteiger partial charge in [0, 0.05) is 6.54 Å². The van der Waals surface area contributed by atoms with Crippen molar-refractivity contribution < 1.29 is 0 Å². The summed E-state index contributed by atoms with van der Waals surface area (Å²) in [6.45, 7) is 12.1. The highest BCUT2D eigenvalue weighted by atomic mass is 14.5. The van der Waals surface area contributed by atoms with Crippen LogP contribution in [-0.2, 0) is 5.41 Å². The predicted octanol–water partition coefficient (Wildman–Crippen LogP) is 4.37. The van der Waals surface area contributed by atoms with Gasteiger partial charge in [0.1, 0.15) is 0 Å². The highest BCUT2D eigenvalue weighted by Crippen LogP contribution is 2.36. The number of hydrogen-bond acceptors (Lipinski definition) is 1. The molecule has 0 aliphatic carbocycles. The standard InChI is InChI=1S/C17H27N/c1-16(2,3)13-17(4,5)15-10-8-14(9-11-15)7-6-12-18/h6-11H,12-13,18H2,1-5H3/b7-6+. The van der Waals surface area contributed by atoms with E-state index in [0.29, 0.717) is 12.0 Å². The summed E-state index contributed by atoms with van der Waals surface area (Å²) in [6.07, 6.45) is 5.23. The Morgan fingerprint density at radius 2 is 1.56 bits per heavy atom. The minimum atomic E-state index is 0.217. The molecule has 0 atom stereocenters. The van der Waals surface area contributed by atoms with Gasteiger partial charge in [0.25, 0.3) is 0 Å². The Bertz CT molecular complexity index is 391. The van der Waals surface area contributed by atoms with E-state index in [-0.39, 0.29) is 5.41 Å². The van der Waals surface area contributed by atoms with Gasteiger partial charge in [0.2, 0.25) is 0 Å². The number of hydrogen-bond donors (Lipinski definition) is 1. The maximum Gasteiger partial charge on any atom is 0.0110 e. The SMILES string of the molecule is CC(C)(C)CC(C)(C)c1ccc(/C=C/CN)cc1. The quantitative estimate of drug-likeness (QED) is 0.837. The van der Waals surface area contributed by atoms with Gasteiger partial charge in [0.05, 0.1) is 0 Å². The van der Waals surface area contributed by atoms with Crippen LogP contribution in [0.25, 0.3) is 6.08 Å². The maximum absolute atomic E-state index is 5.46. The Morgan fingerprint density at radius 1 is 1.00 bits per heavy atom. The summed E-state index contributed by atoms with van der Waals surface area (Å²) in [6, 6.07) is 8.82. The summed E-state index contributed by atoms with van der Waals surface area (Å²) in [5.41, 5.74) is 8.65. The first-order valence-corrected chi connectivity index (χ1v) is 6.72. The van der Waals surface area contributed by atoms with Crippen LogP contribution < -0.4 is 5.73 Å². The largest absolute Gasteiger partial charge is 0.327 e. The van der Waals surface area contributed by atoms with E-state index in [0.717, 1.165) is 0 Å². The Hall–Kier alpha value is -1.08. The first-order valence-electron chi connectivity index (χ1n) is 6.72. The first-order chi connectivity index (χ1) is 8.24. The lowest BCUT2D eigenvalue weighted by molar-refractivity contribution is 0.284. The van der Waals surface area contributed by atoms with Gasteiger partial charge in [-0.25, -0.2) is 0 Å². The van der Waals surface area contributed by atoms with Crippen molar-refractivity contribution in [1.82, 2.24) is 0 Å². The zero-order chi connectivity index (χ0) is 13.8. The molecule has 0 aromatic heterocycles. The van der Waals surface area contributed by atoms with Gasteiger partial charge in [-0.05, 0) is 28.4 Å². The molecule has 100 valence electrons. The smallest absolute Gasteiger partial charge is 0.0110 e. The van der Waals surface area contributed by atoms with Crippen molar-refractivity contribution >= 4 is 6.08 Å². The van der Waals surface area contributed by atoms with Crippen molar-refractivity contribution in [2.45, 2.75) is 46.5 Å². The number of benzene rings is 1. The second-order valence-corrected chi connectivity index (χ2v) is 6.88. The molecule has 1 heteroatoms. The lowest BCUT2D eigenvalue weighted by Crippen LogP contribution is -2.24. The fourth-order valence-corrected chi connectivity index (χ4v) is 2.68. The molecule has 18 heavy (non-hydrogen) atoms. The van der Waals surface area contributed by atoms with Crippen LogP contribution in [0.1, 0.15) is 52.2 Å². The highest BCUT2D eigenvalue weighted by molar-refractivity contribution is 5.50. The van der Waals surface area contributed by atoms with Crippen molar-refractivity contribution in [3.8, 4) is 0 Å². The van der Waals surface area contributed by atoms with Crippen LogP contribution in [0.3, 0.4) is 0 Å². The molecule has 0 heterocycles. The Balaban J connectivity index is 2.87. The lowest BCUT2D eigenvalue weighted by atomic mass is 9.72. The van der Waals surface area contributed by atoms with Crippen LogP contribution in [0.5, 0.6) is 0 Å². The second-order valence-electron chi connectivity index (χ2n) is 6.88. The molecule has 0 aliphatic heterocycles. The fraction of sp³-hybridized carbons (Fsp3) is 0.529. The summed E-state index contributed by atoms with van der Waals surface area (Å²) < 4.78 is 0. The summed E-state index contributed by atoms with van der Waals surface area (Å²) >= 11 is 0. The normalized spacial score (nSPS) is 13.2. The van der Waals surface area contributed by atoms with Crippen LogP contribution in [0, 0.1) is 5.41 Å². The molecular formula is C17H27N. The lowest BCUT2D eigenvalue weighted by Gasteiger charge is -2.33. The third-order valence-corrected chi connectivity index (χ3v) is 3.11. The fourth-order valence-electron chi connectivity index (χ4n) is 2.68. The minimum absolute atomic E-state index is 0.217.